The summed E-state index contributed by atoms with van der Waals surface area (Å²) in [5.74, 6) is 1.52. The predicted octanol–water partition coefficient (Wildman–Crippen LogP) is 2.65. The highest BCUT2D eigenvalue weighted by Gasteiger charge is 2.46. The van der Waals surface area contributed by atoms with Crippen molar-refractivity contribution in [2.45, 2.75) is 38.4 Å². The first-order valence-electron chi connectivity index (χ1n) is 4.28. The van der Waals surface area contributed by atoms with Gasteiger partial charge < -0.3 is 0 Å². The zero-order chi connectivity index (χ0) is 7.19. The van der Waals surface area contributed by atoms with Crippen LogP contribution in [0.3, 0.4) is 0 Å². The van der Waals surface area contributed by atoms with E-state index in [1.54, 1.807) is 0 Å². The third kappa shape index (κ3) is 0.730. The molecular formula is C9H16S. The van der Waals surface area contributed by atoms with Gasteiger partial charge in [-0.1, -0.05) is 19.2 Å². The van der Waals surface area contributed by atoms with E-state index in [-0.39, 0.29) is 0 Å². The summed E-state index contributed by atoms with van der Waals surface area (Å²) in [6.07, 6.45) is 4.28. The molecule has 0 aromatic carbocycles. The van der Waals surface area contributed by atoms with Gasteiger partial charge in [-0.2, -0.15) is 10.5 Å². The van der Waals surface area contributed by atoms with E-state index >= 15 is 0 Å². The number of hydrogen-bond acceptors (Lipinski definition) is 0. The van der Waals surface area contributed by atoms with E-state index in [0.717, 1.165) is 21.1 Å². The topological polar surface area (TPSA) is 0 Å². The highest BCUT2D eigenvalue weighted by Crippen LogP contribution is 2.57. The van der Waals surface area contributed by atoms with E-state index < -0.39 is 0 Å². The molecule has 3 atom stereocenters. The van der Waals surface area contributed by atoms with Gasteiger partial charge in [0.25, 0.3) is 0 Å². The van der Waals surface area contributed by atoms with Crippen molar-refractivity contribution in [2.24, 2.45) is 5.41 Å². The van der Waals surface area contributed by atoms with E-state index in [9.17, 15) is 0 Å². The number of fused-ring (bicyclic) bond motifs is 2. The largest absolute Gasteiger partial charge is 0.186 e. The molecule has 0 spiro atoms. The lowest BCUT2D eigenvalue weighted by atomic mass is 9.81. The van der Waals surface area contributed by atoms with Gasteiger partial charge in [-0.15, -0.1) is 0 Å². The van der Waals surface area contributed by atoms with Crippen molar-refractivity contribution >= 4 is 15.9 Å². The Hall–Kier alpha value is 0.220. The highest BCUT2D eigenvalue weighted by atomic mass is 32.2. The van der Waals surface area contributed by atoms with Crippen LogP contribution in [0.4, 0.5) is 0 Å². The van der Waals surface area contributed by atoms with Crippen LogP contribution >= 0.6 is 10.5 Å². The molecule has 3 heterocycles. The van der Waals surface area contributed by atoms with Crippen LogP contribution in [0.1, 0.15) is 33.1 Å². The summed E-state index contributed by atoms with van der Waals surface area (Å²) in [5, 5.41) is 3.65. The monoisotopic (exact) mass is 156 g/mol. The minimum atomic E-state index is 0.751. The van der Waals surface area contributed by atoms with E-state index in [1.807, 2.05) is 0 Å². The van der Waals surface area contributed by atoms with E-state index in [0.29, 0.717) is 0 Å². The standard InChI is InChI=1S/C9H16S/c1-3-8-9(2)5-4-6-10(8)7-9/h6,8H,3-5,7H2,1-2H3. The Labute approximate surface area is 65.9 Å². The third-order valence-corrected chi connectivity index (χ3v) is 6.35. The van der Waals surface area contributed by atoms with Crippen molar-refractivity contribution in [3.63, 3.8) is 0 Å². The number of rotatable bonds is 1. The zero-order valence-electron chi connectivity index (χ0n) is 6.89. The maximum absolute atomic E-state index is 2.58. The molecule has 3 unspecified atom stereocenters. The molecule has 58 valence electrons. The summed E-state index contributed by atoms with van der Waals surface area (Å²) in [4.78, 5) is 0. The van der Waals surface area contributed by atoms with Gasteiger partial charge in [0, 0.05) is 5.25 Å². The van der Waals surface area contributed by atoms with Crippen molar-refractivity contribution in [3.8, 4) is 0 Å². The lowest BCUT2D eigenvalue weighted by Crippen LogP contribution is -2.46. The molecule has 2 bridgehead atoms. The minimum absolute atomic E-state index is 0.751. The zero-order valence-corrected chi connectivity index (χ0v) is 7.71. The van der Waals surface area contributed by atoms with Crippen molar-refractivity contribution < 1.29 is 0 Å². The fourth-order valence-corrected chi connectivity index (χ4v) is 5.64. The second-order valence-corrected chi connectivity index (χ2v) is 6.00. The van der Waals surface area contributed by atoms with Crippen LogP contribution in [0.15, 0.2) is 0 Å². The predicted molar refractivity (Wildman–Crippen MR) is 49.9 cm³/mol. The summed E-state index contributed by atoms with van der Waals surface area (Å²) in [6, 6.07) is 0. The molecule has 0 radical (unpaired) electrons. The van der Waals surface area contributed by atoms with Gasteiger partial charge in [0.1, 0.15) is 0 Å². The molecule has 1 fully saturated rings. The van der Waals surface area contributed by atoms with Crippen molar-refractivity contribution in [2.75, 3.05) is 5.75 Å². The number of hydrogen-bond donors (Lipinski definition) is 0. The van der Waals surface area contributed by atoms with E-state index in [4.69, 9.17) is 0 Å². The fraction of sp³-hybridized carbons (Fsp3) is 0.889. The van der Waals surface area contributed by atoms with Crippen LogP contribution in [0.2, 0.25) is 0 Å². The Bertz CT molecular complexity index is 183. The smallest absolute Gasteiger partial charge is 0.00538 e. The van der Waals surface area contributed by atoms with Crippen LogP contribution in [0.5, 0.6) is 0 Å². The third-order valence-electron chi connectivity index (χ3n) is 3.06. The molecule has 3 aliphatic rings. The normalized spacial score (nSPS) is 51.4. The molecule has 0 saturated carbocycles. The maximum Gasteiger partial charge on any atom is 0.00538 e. The molecular weight excluding hydrogens is 140 g/mol. The van der Waals surface area contributed by atoms with Gasteiger partial charge in [0.2, 0.25) is 0 Å². The Morgan fingerprint density at radius 1 is 1.70 bits per heavy atom. The molecule has 0 aliphatic carbocycles. The van der Waals surface area contributed by atoms with E-state index in [1.165, 1.54) is 25.0 Å². The Morgan fingerprint density at radius 3 is 2.90 bits per heavy atom. The molecule has 0 aromatic heterocycles. The molecule has 1 heteroatoms. The van der Waals surface area contributed by atoms with E-state index in [2.05, 4.69) is 19.2 Å². The highest BCUT2D eigenvalue weighted by molar-refractivity contribution is 8.16. The maximum atomic E-state index is 2.58. The summed E-state index contributed by atoms with van der Waals surface area (Å²) in [6.45, 7) is 4.83. The Kier molecular flexibility index (Phi) is 1.45. The Balaban J connectivity index is 2.23. The average molecular weight is 156 g/mol. The van der Waals surface area contributed by atoms with Crippen molar-refractivity contribution in [1.82, 2.24) is 0 Å². The molecule has 10 heavy (non-hydrogen) atoms. The summed E-state index contributed by atoms with van der Waals surface area (Å²) < 4.78 is 0. The average Bonchev–Trinajstić information content (AvgIpc) is 1.88. The lowest BCUT2D eigenvalue weighted by molar-refractivity contribution is 0.297. The van der Waals surface area contributed by atoms with Gasteiger partial charge in [-0.05, 0) is 30.4 Å². The molecule has 0 amide bonds. The molecule has 3 rings (SSSR count). The second kappa shape index (κ2) is 2.10. The quantitative estimate of drug-likeness (QED) is 0.512. The Morgan fingerprint density at radius 2 is 2.50 bits per heavy atom. The first-order valence-corrected chi connectivity index (χ1v) is 5.80. The van der Waals surface area contributed by atoms with Crippen LogP contribution in [0, 0.1) is 5.41 Å². The van der Waals surface area contributed by atoms with Crippen molar-refractivity contribution in [3.05, 3.63) is 0 Å². The fourth-order valence-electron chi connectivity index (χ4n) is 2.50. The second-order valence-electron chi connectivity index (χ2n) is 3.87. The van der Waals surface area contributed by atoms with Gasteiger partial charge in [-0.3, -0.25) is 0 Å². The molecule has 0 N–H and O–H groups in total. The van der Waals surface area contributed by atoms with Crippen LogP contribution in [0.25, 0.3) is 0 Å². The summed E-state index contributed by atoms with van der Waals surface area (Å²) >= 11 is 0. The minimum Gasteiger partial charge on any atom is -0.186 e. The molecule has 0 nitrogen and oxygen atoms in total. The van der Waals surface area contributed by atoms with Gasteiger partial charge in [0.15, 0.2) is 0 Å². The van der Waals surface area contributed by atoms with Crippen molar-refractivity contribution in [1.29, 1.82) is 0 Å². The van der Waals surface area contributed by atoms with Crippen LogP contribution in [-0.4, -0.2) is 16.4 Å². The van der Waals surface area contributed by atoms with Crippen LogP contribution in [-0.2, 0) is 0 Å². The summed E-state index contributed by atoms with van der Waals surface area (Å²) in [5.41, 5.74) is 0.770. The SMILES string of the molecule is CCC1S2=CCCC1(C)C2. The van der Waals surface area contributed by atoms with Crippen LogP contribution < -0.4 is 0 Å². The first kappa shape index (κ1) is 6.90. The van der Waals surface area contributed by atoms with Gasteiger partial charge in [0.05, 0.1) is 0 Å². The molecule has 1 saturated heterocycles. The lowest BCUT2D eigenvalue weighted by Gasteiger charge is -2.53. The molecule has 0 aromatic rings. The molecule has 3 aliphatic heterocycles. The first-order chi connectivity index (χ1) is 4.76. The summed E-state index contributed by atoms with van der Waals surface area (Å²) in [7, 11) is 0.751. The van der Waals surface area contributed by atoms with Gasteiger partial charge >= 0.3 is 0 Å². The van der Waals surface area contributed by atoms with Gasteiger partial charge in [-0.25, -0.2) is 0 Å².